The van der Waals surface area contributed by atoms with Gasteiger partial charge in [0, 0.05) is 6.20 Å². The van der Waals surface area contributed by atoms with Crippen LogP contribution in [-0.2, 0) is 6.18 Å². The van der Waals surface area contributed by atoms with Gasteiger partial charge in [-0.25, -0.2) is 4.39 Å². The molecule has 1 rings (SSSR count). The van der Waals surface area contributed by atoms with Crippen LogP contribution in [0.2, 0.25) is 0 Å². The molecule has 0 aliphatic rings. The maximum Gasteiger partial charge on any atom is 0.419 e. The van der Waals surface area contributed by atoms with E-state index >= 15 is 0 Å². The second-order valence-electron chi connectivity index (χ2n) is 2.25. The van der Waals surface area contributed by atoms with Gasteiger partial charge in [0.15, 0.2) is 5.75 Å². The van der Waals surface area contributed by atoms with Gasteiger partial charge in [0.25, 0.3) is 0 Å². The zero-order valence-corrected chi connectivity index (χ0v) is 8.76. The third kappa shape index (κ3) is 2.46. The summed E-state index contributed by atoms with van der Waals surface area (Å²) in [6.45, 7) is -1.18. The lowest BCUT2D eigenvalue weighted by atomic mass is 10.3. The first kappa shape index (κ1) is 11.5. The molecule has 0 bridgehead atoms. The normalized spacial score (nSPS) is 11.5. The average Bonchev–Trinajstić information content (AvgIpc) is 2.07. The van der Waals surface area contributed by atoms with Crippen molar-refractivity contribution in [2.45, 2.75) is 6.18 Å². The number of aromatic nitrogens is 1. The van der Waals surface area contributed by atoms with E-state index in [1.54, 1.807) is 0 Å². The molecule has 2 nitrogen and oxygen atoms in total. The molecule has 14 heavy (non-hydrogen) atoms. The highest BCUT2D eigenvalue weighted by atomic mass is 127. The molecule has 0 fully saturated rings. The number of alkyl halides is 4. The number of ether oxygens (including phenoxy) is 1. The molecule has 1 aromatic rings. The molecule has 0 spiro atoms. The van der Waals surface area contributed by atoms with E-state index in [0.717, 1.165) is 6.20 Å². The summed E-state index contributed by atoms with van der Waals surface area (Å²) in [6, 6.07) is 0. The quantitative estimate of drug-likeness (QED) is 0.617. The van der Waals surface area contributed by atoms with Crippen LogP contribution in [-0.4, -0.2) is 11.8 Å². The highest BCUT2D eigenvalue weighted by Gasteiger charge is 2.34. The first-order valence-corrected chi connectivity index (χ1v) is 4.44. The summed E-state index contributed by atoms with van der Waals surface area (Å²) in [5, 5.41) is 0. The van der Waals surface area contributed by atoms with Crippen LogP contribution in [0.5, 0.6) is 5.75 Å². The van der Waals surface area contributed by atoms with Crippen LogP contribution in [0, 0.1) is 3.57 Å². The van der Waals surface area contributed by atoms with E-state index in [1.807, 2.05) is 0 Å². The van der Waals surface area contributed by atoms with Crippen molar-refractivity contribution in [3.05, 3.63) is 21.5 Å². The van der Waals surface area contributed by atoms with Crippen molar-refractivity contribution in [2.24, 2.45) is 0 Å². The molecule has 0 unspecified atom stereocenters. The van der Waals surface area contributed by atoms with E-state index in [2.05, 4.69) is 9.72 Å². The number of hydrogen-bond acceptors (Lipinski definition) is 2. The zero-order valence-electron chi connectivity index (χ0n) is 6.61. The van der Waals surface area contributed by atoms with E-state index in [1.165, 1.54) is 22.6 Å². The van der Waals surface area contributed by atoms with Crippen LogP contribution in [0.4, 0.5) is 17.6 Å². The Bertz CT molecular complexity index is 328. The molecule has 0 saturated heterocycles. The second kappa shape index (κ2) is 4.28. The Labute approximate surface area is 90.4 Å². The Morgan fingerprint density at radius 3 is 2.50 bits per heavy atom. The molecule has 0 atom stereocenters. The second-order valence-corrected chi connectivity index (χ2v) is 3.33. The molecule has 0 radical (unpaired) electrons. The van der Waals surface area contributed by atoms with Crippen LogP contribution < -0.4 is 4.74 Å². The van der Waals surface area contributed by atoms with E-state index in [9.17, 15) is 17.6 Å². The Balaban J connectivity index is 3.14. The summed E-state index contributed by atoms with van der Waals surface area (Å²) < 4.78 is 52.7. The van der Waals surface area contributed by atoms with Gasteiger partial charge in [0.1, 0.15) is 0 Å². The standard InChI is InChI=1S/C7H4F4INO/c8-3-14-5-2-13-1-4(6(5)12)7(9,10)11/h1-2H,3H2. The Kier molecular flexibility index (Phi) is 3.51. The Morgan fingerprint density at radius 1 is 1.36 bits per heavy atom. The van der Waals surface area contributed by atoms with Crippen molar-refractivity contribution in [1.82, 2.24) is 4.98 Å². The summed E-state index contributed by atoms with van der Waals surface area (Å²) in [5.41, 5.74) is -0.927. The highest BCUT2D eigenvalue weighted by Crippen LogP contribution is 2.35. The van der Waals surface area contributed by atoms with E-state index in [0.29, 0.717) is 6.20 Å². The van der Waals surface area contributed by atoms with E-state index < -0.39 is 18.6 Å². The van der Waals surface area contributed by atoms with Crippen molar-refractivity contribution >= 4 is 22.6 Å². The molecule has 7 heteroatoms. The van der Waals surface area contributed by atoms with Crippen molar-refractivity contribution in [3.63, 3.8) is 0 Å². The maximum atomic E-state index is 12.3. The van der Waals surface area contributed by atoms with Crippen LogP contribution >= 0.6 is 22.6 Å². The SMILES string of the molecule is FCOc1cncc(C(F)(F)F)c1I. The average molecular weight is 321 g/mol. The fraction of sp³-hybridized carbons (Fsp3) is 0.286. The number of nitrogens with zero attached hydrogens (tertiary/aromatic N) is 1. The maximum absolute atomic E-state index is 12.3. The minimum absolute atomic E-state index is 0.192. The molecule has 0 amide bonds. The molecule has 0 saturated carbocycles. The van der Waals surface area contributed by atoms with Gasteiger partial charge in [0.2, 0.25) is 6.86 Å². The van der Waals surface area contributed by atoms with Gasteiger partial charge in [0.05, 0.1) is 15.3 Å². The van der Waals surface area contributed by atoms with Crippen molar-refractivity contribution < 1.29 is 22.3 Å². The van der Waals surface area contributed by atoms with Gasteiger partial charge in [-0.15, -0.1) is 0 Å². The van der Waals surface area contributed by atoms with Gasteiger partial charge in [-0.1, -0.05) is 0 Å². The predicted molar refractivity (Wildman–Crippen MR) is 48.6 cm³/mol. The molecule has 0 aliphatic carbocycles. The number of hydrogen-bond donors (Lipinski definition) is 0. The summed E-state index contributed by atoms with van der Waals surface area (Å²) in [4.78, 5) is 3.31. The Hall–Kier alpha value is -0.600. The van der Waals surface area contributed by atoms with Gasteiger partial charge in [-0.05, 0) is 22.6 Å². The molecule has 78 valence electrons. The van der Waals surface area contributed by atoms with Crippen molar-refractivity contribution in [1.29, 1.82) is 0 Å². The molecule has 0 N–H and O–H groups in total. The number of rotatable bonds is 2. The highest BCUT2D eigenvalue weighted by molar-refractivity contribution is 14.1. The number of halogens is 5. The molecule has 0 aromatic carbocycles. The summed E-state index contributed by atoms with van der Waals surface area (Å²) in [5.74, 6) is -0.206. The Morgan fingerprint density at radius 2 is 2.00 bits per heavy atom. The summed E-state index contributed by atoms with van der Waals surface area (Å²) in [6.07, 6.45) is -2.79. The van der Waals surface area contributed by atoms with Crippen LogP contribution in [0.1, 0.15) is 5.56 Å². The first-order chi connectivity index (χ1) is 6.46. The molecular weight excluding hydrogens is 317 g/mol. The molecule has 1 heterocycles. The first-order valence-electron chi connectivity index (χ1n) is 3.36. The van der Waals surface area contributed by atoms with Crippen molar-refractivity contribution in [2.75, 3.05) is 6.86 Å². The van der Waals surface area contributed by atoms with Gasteiger partial charge >= 0.3 is 6.18 Å². The van der Waals surface area contributed by atoms with Crippen LogP contribution in [0.15, 0.2) is 12.4 Å². The van der Waals surface area contributed by atoms with Gasteiger partial charge < -0.3 is 4.74 Å². The fourth-order valence-electron chi connectivity index (χ4n) is 0.783. The lowest BCUT2D eigenvalue weighted by Crippen LogP contribution is -2.09. The van der Waals surface area contributed by atoms with Gasteiger partial charge in [-0.3, -0.25) is 4.98 Å². The van der Waals surface area contributed by atoms with E-state index in [-0.39, 0.29) is 9.32 Å². The summed E-state index contributed by atoms with van der Waals surface area (Å²) in [7, 11) is 0. The van der Waals surface area contributed by atoms with Crippen LogP contribution in [0.3, 0.4) is 0 Å². The fourth-order valence-corrected chi connectivity index (χ4v) is 1.52. The lowest BCUT2D eigenvalue weighted by Gasteiger charge is -2.10. The molecular formula is C7H4F4INO. The largest absolute Gasteiger partial charge is 0.460 e. The monoisotopic (exact) mass is 321 g/mol. The minimum Gasteiger partial charge on any atom is -0.460 e. The zero-order chi connectivity index (χ0) is 10.8. The van der Waals surface area contributed by atoms with Crippen molar-refractivity contribution in [3.8, 4) is 5.75 Å². The minimum atomic E-state index is -4.50. The topological polar surface area (TPSA) is 22.1 Å². The predicted octanol–water partition coefficient (Wildman–Crippen LogP) is 3.01. The van der Waals surface area contributed by atoms with E-state index in [4.69, 9.17) is 0 Å². The smallest absolute Gasteiger partial charge is 0.419 e. The summed E-state index contributed by atoms with van der Waals surface area (Å²) >= 11 is 1.44. The van der Waals surface area contributed by atoms with Gasteiger partial charge in [-0.2, -0.15) is 13.2 Å². The lowest BCUT2D eigenvalue weighted by molar-refractivity contribution is -0.138. The number of pyridine rings is 1. The van der Waals surface area contributed by atoms with Crippen LogP contribution in [0.25, 0.3) is 0 Å². The molecule has 0 aliphatic heterocycles. The molecule has 1 aromatic heterocycles. The third-order valence-corrected chi connectivity index (χ3v) is 2.48. The third-order valence-electron chi connectivity index (χ3n) is 1.36.